The molecule has 7 heteroatoms. The monoisotopic (exact) mass is 370 g/mol. The van der Waals surface area contributed by atoms with E-state index in [1.807, 2.05) is 37.3 Å². The van der Waals surface area contributed by atoms with E-state index < -0.39 is 0 Å². The van der Waals surface area contributed by atoms with Crippen molar-refractivity contribution in [1.82, 2.24) is 9.97 Å². The number of hydrogen-bond acceptors (Lipinski definition) is 6. The molecular weight excluding hydrogens is 352 g/mol. The third-order valence-corrected chi connectivity index (χ3v) is 3.84. The Morgan fingerprint density at radius 1 is 0.885 bits per heavy atom. The van der Waals surface area contributed by atoms with Gasteiger partial charge in [-0.1, -0.05) is 17.7 Å². The highest BCUT2D eigenvalue weighted by Crippen LogP contribution is 2.30. The van der Waals surface area contributed by atoms with Gasteiger partial charge in [-0.2, -0.15) is 0 Å². The first-order chi connectivity index (χ1) is 12.6. The van der Waals surface area contributed by atoms with Crippen molar-refractivity contribution in [3.05, 3.63) is 59.4 Å². The summed E-state index contributed by atoms with van der Waals surface area (Å²) in [6, 6.07) is 14.8. The molecule has 0 fully saturated rings. The number of nitrogens with zero attached hydrogens (tertiary/aromatic N) is 2. The van der Waals surface area contributed by atoms with Gasteiger partial charge < -0.3 is 20.1 Å². The molecule has 1 aromatic heterocycles. The largest absolute Gasteiger partial charge is 0.497 e. The number of hydrogen-bond donors (Lipinski definition) is 2. The Morgan fingerprint density at radius 3 is 2.38 bits per heavy atom. The molecule has 0 spiro atoms. The molecule has 0 saturated carbocycles. The molecule has 0 saturated heterocycles. The molecule has 0 aliphatic rings. The molecule has 3 aromatic rings. The van der Waals surface area contributed by atoms with Gasteiger partial charge in [0, 0.05) is 22.8 Å². The second kappa shape index (κ2) is 7.93. The first-order valence-corrected chi connectivity index (χ1v) is 8.32. The second-order valence-corrected chi connectivity index (χ2v) is 5.95. The lowest BCUT2D eigenvalue weighted by molar-refractivity contribution is 0.415. The lowest BCUT2D eigenvalue weighted by Gasteiger charge is -2.13. The fourth-order valence-corrected chi connectivity index (χ4v) is 2.63. The van der Waals surface area contributed by atoms with Gasteiger partial charge in [0.2, 0.25) is 0 Å². The molecule has 0 unspecified atom stereocenters. The fraction of sp³-hybridized carbons (Fsp3) is 0.158. The van der Waals surface area contributed by atoms with Gasteiger partial charge in [0.05, 0.1) is 19.9 Å². The molecular formula is C19H19ClN4O2. The van der Waals surface area contributed by atoms with E-state index in [-0.39, 0.29) is 0 Å². The lowest BCUT2D eigenvalue weighted by Crippen LogP contribution is -2.02. The quantitative estimate of drug-likeness (QED) is 0.640. The number of nitrogens with one attached hydrogen (secondary N) is 2. The zero-order valence-electron chi connectivity index (χ0n) is 14.7. The Hall–Kier alpha value is -2.99. The minimum atomic E-state index is 0.605. The van der Waals surface area contributed by atoms with Crippen molar-refractivity contribution in [2.45, 2.75) is 6.92 Å². The van der Waals surface area contributed by atoms with E-state index >= 15 is 0 Å². The van der Waals surface area contributed by atoms with Crippen LogP contribution >= 0.6 is 11.6 Å². The summed E-state index contributed by atoms with van der Waals surface area (Å²) in [4.78, 5) is 8.85. The van der Waals surface area contributed by atoms with Crippen LogP contribution in [0.25, 0.3) is 0 Å². The molecule has 26 heavy (non-hydrogen) atoms. The minimum Gasteiger partial charge on any atom is -0.497 e. The highest BCUT2D eigenvalue weighted by atomic mass is 35.5. The van der Waals surface area contributed by atoms with Gasteiger partial charge in [0.15, 0.2) is 0 Å². The van der Waals surface area contributed by atoms with Crippen molar-refractivity contribution in [2.24, 2.45) is 0 Å². The van der Waals surface area contributed by atoms with E-state index in [9.17, 15) is 0 Å². The third kappa shape index (κ3) is 4.34. The number of benzene rings is 2. The van der Waals surface area contributed by atoms with Crippen LogP contribution in [0, 0.1) is 6.92 Å². The van der Waals surface area contributed by atoms with E-state index in [1.54, 1.807) is 32.4 Å². The molecule has 0 bridgehead atoms. The molecule has 0 atom stereocenters. The predicted molar refractivity (Wildman–Crippen MR) is 104 cm³/mol. The van der Waals surface area contributed by atoms with E-state index in [1.165, 1.54) is 0 Å². The summed E-state index contributed by atoms with van der Waals surface area (Å²) < 4.78 is 10.6. The summed E-state index contributed by atoms with van der Waals surface area (Å²) in [5.41, 5.74) is 1.60. The summed E-state index contributed by atoms with van der Waals surface area (Å²) in [5.74, 6) is 3.36. The molecule has 134 valence electrons. The molecule has 0 aliphatic carbocycles. The van der Waals surface area contributed by atoms with Gasteiger partial charge in [-0.25, -0.2) is 9.97 Å². The molecule has 0 amide bonds. The zero-order chi connectivity index (χ0) is 18.5. The van der Waals surface area contributed by atoms with E-state index in [4.69, 9.17) is 21.1 Å². The molecule has 3 rings (SSSR count). The molecule has 0 aliphatic heterocycles. The second-order valence-electron chi connectivity index (χ2n) is 5.51. The van der Waals surface area contributed by atoms with Crippen LogP contribution in [0.4, 0.5) is 23.0 Å². The van der Waals surface area contributed by atoms with Gasteiger partial charge in [0.25, 0.3) is 0 Å². The lowest BCUT2D eigenvalue weighted by atomic mass is 10.3. The minimum absolute atomic E-state index is 0.605. The molecule has 1 heterocycles. The van der Waals surface area contributed by atoms with Gasteiger partial charge >= 0.3 is 0 Å². The van der Waals surface area contributed by atoms with Gasteiger partial charge in [-0.3, -0.25) is 0 Å². The number of aromatic nitrogens is 2. The number of aryl methyl sites for hydroxylation is 1. The molecule has 2 aromatic carbocycles. The Labute approximate surface area is 157 Å². The highest BCUT2D eigenvalue weighted by molar-refractivity contribution is 6.31. The number of halogens is 1. The first kappa shape index (κ1) is 17.8. The average Bonchev–Trinajstić information content (AvgIpc) is 2.61. The Morgan fingerprint density at radius 2 is 1.65 bits per heavy atom. The fourth-order valence-electron chi connectivity index (χ4n) is 2.46. The smallest absolute Gasteiger partial charge is 0.142 e. The van der Waals surface area contributed by atoms with Crippen LogP contribution in [0.5, 0.6) is 11.5 Å². The first-order valence-electron chi connectivity index (χ1n) is 7.94. The average molecular weight is 371 g/mol. The van der Waals surface area contributed by atoms with E-state index in [0.717, 1.165) is 17.1 Å². The van der Waals surface area contributed by atoms with Crippen molar-refractivity contribution in [3.63, 3.8) is 0 Å². The van der Waals surface area contributed by atoms with Crippen LogP contribution < -0.4 is 20.1 Å². The maximum absolute atomic E-state index is 6.09. The van der Waals surface area contributed by atoms with E-state index in [2.05, 4.69) is 20.6 Å². The van der Waals surface area contributed by atoms with Crippen molar-refractivity contribution in [3.8, 4) is 11.5 Å². The normalized spacial score (nSPS) is 10.3. The standard InChI is InChI=1S/C19H19ClN4O2/c1-12-21-18(23-14-5-4-6-15(10-14)25-2)11-19(22-12)24-16-9-13(20)7-8-17(16)26-3/h4-11H,1-3H3,(H2,21,22,23,24). The SMILES string of the molecule is COc1cccc(Nc2cc(Nc3cc(Cl)ccc3OC)nc(C)n2)c1. The van der Waals surface area contributed by atoms with Crippen molar-refractivity contribution < 1.29 is 9.47 Å². The summed E-state index contributed by atoms with van der Waals surface area (Å²) >= 11 is 6.09. The number of ether oxygens (including phenoxy) is 2. The van der Waals surface area contributed by atoms with E-state index in [0.29, 0.717) is 28.2 Å². The van der Waals surface area contributed by atoms with Crippen LogP contribution in [0.2, 0.25) is 5.02 Å². The zero-order valence-corrected chi connectivity index (χ0v) is 15.5. The Bertz CT molecular complexity index is 918. The van der Waals surface area contributed by atoms with Gasteiger partial charge in [0.1, 0.15) is 29.0 Å². The van der Waals surface area contributed by atoms with Gasteiger partial charge in [-0.05, 0) is 37.3 Å². The maximum atomic E-state index is 6.09. The van der Waals surface area contributed by atoms with Crippen LogP contribution in [-0.2, 0) is 0 Å². The number of methoxy groups -OCH3 is 2. The number of anilines is 4. The topological polar surface area (TPSA) is 68.3 Å². The number of rotatable bonds is 6. The summed E-state index contributed by atoms with van der Waals surface area (Å²) in [5, 5.41) is 7.09. The molecule has 0 radical (unpaired) electrons. The Kier molecular flexibility index (Phi) is 5.43. The Balaban J connectivity index is 1.87. The van der Waals surface area contributed by atoms with Crippen LogP contribution in [-0.4, -0.2) is 24.2 Å². The molecule has 6 nitrogen and oxygen atoms in total. The summed E-state index contributed by atoms with van der Waals surface area (Å²) in [7, 11) is 3.24. The summed E-state index contributed by atoms with van der Waals surface area (Å²) in [6.45, 7) is 1.83. The van der Waals surface area contributed by atoms with Crippen LogP contribution in [0.3, 0.4) is 0 Å². The summed E-state index contributed by atoms with van der Waals surface area (Å²) in [6.07, 6.45) is 0. The van der Waals surface area contributed by atoms with Crippen molar-refractivity contribution >= 4 is 34.6 Å². The molecule has 2 N–H and O–H groups in total. The van der Waals surface area contributed by atoms with Crippen LogP contribution in [0.15, 0.2) is 48.5 Å². The third-order valence-electron chi connectivity index (χ3n) is 3.60. The highest BCUT2D eigenvalue weighted by Gasteiger charge is 2.08. The van der Waals surface area contributed by atoms with Gasteiger partial charge in [-0.15, -0.1) is 0 Å². The van der Waals surface area contributed by atoms with Crippen LogP contribution in [0.1, 0.15) is 5.82 Å². The van der Waals surface area contributed by atoms with Crippen molar-refractivity contribution in [1.29, 1.82) is 0 Å². The van der Waals surface area contributed by atoms with Crippen molar-refractivity contribution in [2.75, 3.05) is 24.9 Å². The predicted octanol–water partition coefficient (Wildman–Crippen LogP) is 4.94. The maximum Gasteiger partial charge on any atom is 0.142 e.